The lowest BCUT2D eigenvalue weighted by Gasteiger charge is -2.14. The van der Waals surface area contributed by atoms with Crippen LogP contribution in [0.1, 0.15) is 47.7 Å². The van der Waals surface area contributed by atoms with Crippen LogP contribution in [0.5, 0.6) is 0 Å². The van der Waals surface area contributed by atoms with E-state index in [1.165, 1.54) is 12.8 Å². The van der Waals surface area contributed by atoms with Crippen LogP contribution in [0.2, 0.25) is 0 Å². The molecule has 1 unspecified atom stereocenters. The van der Waals surface area contributed by atoms with Crippen molar-refractivity contribution in [2.45, 2.75) is 32.4 Å². The zero-order chi connectivity index (χ0) is 18.6. The molecule has 0 bridgehead atoms. The summed E-state index contributed by atoms with van der Waals surface area (Å²) in [5, 5.41) is 3.02. The third kappa shape index (κ3) is 4.14. The van der Waals surface area contributed by atoms with E-state index in [1.54, 1.807) is 6.07 Å². The van der Waals surface area contributed by atoms with Crippen molar-refractivity contribution < 1.29 is 9.21 Å². The predicted molar refractivity (Wildman–Crippen MR) is 105 cm³/mol. The molecular formula is C22H25N3O2. The molecule has 0 spiro atoms. The smallest absolute Gasteiger partial charge is 0.287 e. The SMILES string of the molecule is CC(NC(=O)c1ccc(CN2CCCC2)o1)c1ccc(-n2cccc2)cc1. The second-order valence-corrected chi connectivity index (χ2v) is 7.13. The molecule has 3 aromatic rings. The Balaban J connectivity index is 1.36. The van der Waals surface area contributed by atoms with Crippen molar-refractivity contribution in [1.29, 1.82) is 0 Å². The molecular weight excluding hydrogens is 338 g/mol. The van der Waals surface area contributed by atoms with E-state index in [2.05, 4.69) is 26.9 Å². The lowest BCUT2D eigenvalue weighted by atomic mass is 10.1. The van der Waals surface area contributed by atoms with Crippen LogP contribution in [0.15, 0.2) is 65.3 Å². The molecule has 0 radical (unpaired) electrons. The van der Waals surface area contributed by atoms with Gasteiger partial charge in [-0.2, -0.15) is 0 Å². The summed E-state index contributed by atoms with van der Waals surface area (Å²) in [7, 11) is 0. The molecule has 0 saturated carbocycles. The zero-order valence-corrected chi connectivity index (χ0v) is 15.6. The number of likely N-dealkylation sites (tertiary alicyclic amines) is 1. The van der Waals surface area contributed by atoms with E-state index in [-0.39, 0.29) is 11.9 Å². The normalized spacial score (nSPS) is 15.7. The summed E-state index contributed by atoms with van der Waals surface area (Å²) in [6, 6.07) is 15.8. The maximum Gasteiger partial charge on any atom is 0.287 e. The second kappa shape index (κ2) is 7.84. The number of benzene rings is 1. The molecule has 3 heterocycles. The van der Waals surface area contributed by atoms with Gasteiger partial charge in [-0.25, -0.2) is 0 Å². The fraction of sp³-hybridized carbons (Fsp3) is 0.318. The molecule has 1 atom stereocenters. The largest absolute Gasteiger partial charge is 0.455 e. The van der Waals surface area contributed by atoms with Crippen molar-refractivity contribution in [3.05, 3.63) is 78.0 Å². The van der Waals surface area contributed by atoms with Gasteiger partial charge in [0.15, 0.2) is 5.76 Å². The van der Waals surface area contributed by atoms with E-state index in [9.17, 15) is 4.79 Å². The van der Waals surface area contributed by atoms with E-state index < -0.39 is 0 Å². The number of nitrogens with zero attached hydrogens (tertiary/aromatic N) is 2. The van der Waals surface area contributed by atoms with E-state index in [1.807, 2.05) is 49.6 Å². The fourth-order valence-electron chi connectivity index (χ4n) is 3.54. The number of hydrogen-bond donors (Lipinski definition) is 1. The number of nitrogens with one attached hydrogen (secondary N) is 1. The number of amides is 1. The van der Waals surface area contributed by atoms with Gasteiger partial charge in [0.1, 0.15) is 5.76 Å². The molecule has 5 heteroatoms. The van der Waals surface area contributed by atoms with Crippen LogP contribution in [-0.2, 0) is 6.54 Å². The molecule has 5 nitrogen and oxygen atoms in total. The lowest BCUT2D eigenvalue weighted by Crippen LogP contribution is -2.26. The van der Waals surface area contributed by atoms with Crippen LogP contribution < -0.4 is 5.32 Å². The average Bonchev–Trinajstić information content (AvgIpc) is 3.45. The summed E-state index contributed by atoms with van der Waals surface area (Å²) in [4.78, 5) is 14.9. The first-order valence-electron chi connectivity index (χ1n) is 9.54. The van der Waals surface area contributed by atoms with Gasteiger partial charge in [-0.15, -0.1) is 0 Å². The fourth-order valence-corrected chi connectivity index (χ4v) is 3.54. The molecule has 1 N–H and O–H groups in total. The van der Waals surface area contributed by atoms with E-state index >= 15 is 0 Å². The number of carbonyl (C=O) groups excluding carboxylic acids is 1. The Morgan fingerprint density at radius 1 is 1.07 bits per heavy atom. The number of rotatable bonds is 6. The molecule has 140 valence electrons. The van der Waals surface area contributed by atoms with E-state index in [0.29, 0.717) is 5.76 Å². The van der Waals surface area contributed by atoms with Crippen molar-refractivity contribution in [2.75, 3.05) is 13.1 Å². The molecule has 1 amide bonds. The summed E-state index contributed by atoms with van der Waals surface area (Å²) < 4.78 is 7.81. The summed E-state index contributed by atoms with van der Waals surface area (Å²) in [6.07, 6.45) is 6.51. The molecule has 27 heavy (non-hydrogen) atoms. The van der Waals surface area contributed by atoms with Crippen molar-refractivity contribution in [2.24, 2.45) is 0 Å². The zero-order valence-electron chi connectivity index (χ0n) is 15.6. The first-order chi connectivity index (χ1) is 13.2. The highest BCUT2D eigenvalue weighted by molar-refractivity contribution is 5.91. The Morgan fingerprint density at radius 2 is 1.78 bits per heavy atom. The molecule has 1 fully saturated rings. The standard InChI is InChI=1S/C22H25N3O2/c1-17(18-6-8-19(9-7-18)25-14-4-5-15-25)23-22(26)21-11-10-20(27-21)16-24-12-2-3-13-24/h4-11,14-15,17H,2-3,12-13,16H2,1H3,(H,23,26). The van der Waals surface area contributed by atoms with Crippen LogP contribution in [0.3, 0.4) is 0 Å². The molecule has 2 aromatic heterocycles. The maximum absolute atomic E-state index is 12.5. The molecule has 1 aliphatic heterocycles. The van der Waals surface area contributed by atoms with Crippen molar-refractivity contribution in [1.82, 2.24) is 14.8 Å². The number of furan rings is 1. The van der Waals surface area contributed by atoms with Crippen LogP contribution in [0.4, 0.5) is 0 Å². The van der Waals surface area contributed by atoms with Crippen molar-refractivity contribution in [3.63, 3.8) is 0 Å². The van der Waals surface area contributed by atoms with Crippen LogP contribution in [0, 0.1) is 0 Å². The van der Waals surface area contributed by atoms with Gasteiger partial charge >= 0.3 is 0 Å². The number of carbonyl (C=O) groups is 1. The van der Waals surface area contributed by atoms with Crippen LogP contribution in [-0.4, -0.2) is 28.5 Å². The van der Waals surface area contributed by atoms with Gasteiger partial charge in [0.2, 0.25) is 0 Å². The Morgan fingerprint density at radius 3 is 2.48 bits per heavy atom. The van der Waals surface area contributed by atoms with Gasteiger partial charge in [0.05, 0.1) is 12.6 Å². The van der Waals surface area contributed by atoms with E-state index in [4.69, 9.17) is 4.42 Å². The van der Waals surface area contributed by atoms with Gasteiger partial charge in [0, 0.05) is 18.1 Å². The highest BCUT2D eigenvalue weighted by Gasteiger charge is 2.17. The Labute approximate surface area is 159 Å². The Hall–Kier alpha value is -2.79. The quantitative estimate of drug-likeness (QED) is 0.715. The number of hydrogen-bond acceptors (Lipinski definition) is 3. The summed E-state index contributed by atoms with van der Waals surface area (Å²) in [6.45, 7) is 4.98. The summed E-state index contributed by atoms with van der Waals surface area (Å²) >= 11 is 0. The molecule has 1 saturated heterocycles. The third-order valence-corrected chi connectivity index (χ3v) is 5.11. The first kappa shape index (κ1) is 17.6. The Kier molecular flexibility index (Phi) is 5.12. The minimum atomic E-state index is -0.176. The average molecular weight is 363 g/mol. The summed E-state index contributed by atoms with van der Waals surface area (Å²) in [5.74, 6) is 1.05. The molecule has 0 aliphatic carbocycles. The van der Waals surface area contributed by atoms with Gasteiger partial charge in [0.25, 0.3) is 5.91 Å². The predicted octanol–water partition coefficient (Wildman–Crippen LogP) is 4.16. The topological polar surface area (TPSA) is 50.4 Å². The maximum atomic E-state index is 12.5. The molecule has 4 rings (SSSR count). The van der Waals surface area contributed by atoms with Gasteiger partial charge in [-0.3, -0.25) is 9.69 Å². The third-order valence-electron chi connectivity index (χ3n) is 5.11. The summed E-state index contributed by atoms with van der Waals surface area (Å²) in [5.41, 5.74) is 2.16. The minimum absolute atomic E-state index is 0.0941. The van der Waals surface area contributed by atoms with Crippen LogP contribution in [0.25, 0.3) is 5.69 Å². The monoisotopic (exact) mass is 363 g/mol. The van der Waals surface area contributed by atoms with E-state index in [0.717, 1.165) is 36.6 Å². The van der Waals surface area contributed by atoms with Gasteiger partial charge in [-0.05, 0) is 74.8 Å². The first-order valence-corrected chi connectivity index (χ1v) is 9.54. The van der Waals surface area contributed by atoms with Crippen molar-refractivity contribution in [3.8, 4) is 5.69 Å². The van der Waals surface area contributed by atoms with Crippen LogP contribution >= 0.6 is 0 Å². The molecule has 1 aromatic carbocycles. The van der Waals surface area contributed by atoms with Gasteiger partial charge in [-0.1, -0.05) is 12.1 Å². The Bertz CT molecular complexity index is 875. The highest BCUT2D eigenvalue weighted by atomic mass is 16.4. The second-order valence-electron chi connectivity index (χ2n) is 7.13. The number of aromatic nitrogens is 1. The highest BCUT2D eigenvalue weighted by Crippen LogP contribution is 2.18. The van der Waals surface area contributed by atoms with Crippen molar-refractivity contribution >= 4 is 5.91 Å². The lowest BCUT2D eigenvalue weighted by molar-refractivity contribution is 0.0908. The van der Waals surface area contributed by atoms with Gasteiger partial charge < -0.3 is 14.3 Å². The molecule has 1 aliphatic rings. The minimum Gasteiger partial charge on any atom is -0.455 e.